The van der Waals surface area contributed by atoms with Gasteiger partial charge in [0.2, 0.25) is 0 Å². The standard InChI is InChI=1S/C73H47NO2/c1-3-14-56(15-4-1)73(57-16-5-2-6-17-57)65-21-10-7-20-62(65)72-66(73)22-13-23-67(72)74(58-40-34-50(35-41-58)48-26-30-52(31-27-48)54-38-44-70-63(46-54)60-18-8-11-24-68(60)75-70)59-42-36-51(37-43-59)49-28-32-53(33-29-49)55-39-45-71-64(47-55)61-19-9-12-25-69(61)76-71/h1-47H. The summed E-state index contributed by atoms with van der Waals surface area (Å²) in [6.07, 6.45) is 0. The van der Waals surface area contributed by atoms with E-state index in [4.69, 9.17) is 8.83 Å². The van der Waals surface area contributed by atoms with Crippen molar-refractivity contribution < 1.29 is 8.83 Å². The Morgan fingerprint density at radius 1 is 0.263 bits per heavy atom. The van der Waals surface area contributed by atoms with E-state index >= 15 is 0 Å². The summed E-state index contributed by atoms with van der Waals surface area (Å²) in [6.45, 7) is 0. The fourth-order valence-electron chi connectivity index (χ4n) is 12.2. The van der Waals surface area contributed by atoms with E-state index < -0.39 is 5.41 Å². The molecule has 0 amide bonds. The number of nitrogens with zero attached hydrogens (tertiary/aromatic N) is 1. The van der Waals surface area contributed by atoms with Gasteiger partial charge in [0, 0.05) is 38.5 Å². The monoisotopic (exact) mass is 969 g/mol. The summed E-state index contributed by atoms with van der Waals surface area (Å²) in [5.41, 5.74) is 23.2. The van der Waals surface area contributed by atoms with Crippen LogP contribution in [0.3, 0.4) is 0 Å². The van der Waals surface area contributed by atoms with Gasteiger partial charge in [0.1, 0.15) is 22.3 Å². The third-order valence-electron chi connectivity index (χ3n) is 15.8. The lowest BCUT2D eigenvalue weighted by Crippen LogP contribution is -2.28. The van der Waals surface area contributed by atoms with Crippen LogP contribution in [0.1, 0.15) is 22.3 Å². The zero-order chi connectivity index (χ0) is 50.2. The Morgan fingerprint density at radius 3 is 1.12 bits per heavy atom. The highest BCUT2D eigenvalue weighted by Gasteiger charge is 2.47. The molecule has 0 saturated heterocycles. The minimum Gasteiger partial charge on any atom is -0.456 e. The average molecular weight is 970 g/mol. The van der Waals surface area contributed by atoms with Gasteiger partial charge >= 0.3 is 0 Å². The average Bonchev–Trinajstić information content (AvgIpc) is 4.32. The third-order valence-corrected chi connectivity index (χ3v) is 15.8. The number of hydrogen-bond acceptors (Lipinski definition) is 3. The minimum absolute atomic E-state index is 0.529. The van der Waals surface area contributed by atoms with E-state index in [2.05, 4.69) is 266 Å². The number of para-hydroxylation sites is 2. The molecule has 0 fully saturated rings. The van der Waals surface area contributed by atoms with E-state index in [0.717, 1.165) is 94.3 Å². The van der Waals surface area contributed by atoms with Crippen molar-refractivity contribution in [1.29, 1.82) is 0 Å². The maximum atomic E-state index is 6.14. The molecule has 1 aliphatic rings. The minimum atomic E-state index is -0.529. The number of rotatable bonds is 9. The Hall–Kier alpha value is -9.96. The van der Waals surface area contributed by atoms with E-state index in [9.17, 15) is 0 Å². The van der Waals surface area contributed by atoms with Gasteiger partial charge < -0.3 is 13.7 Å². The fraction of sp³-hybridized carbons (Fsp3) is 0.0137. The molecule has 76 heavy (non-hydrogen) atoms. The van der Waals surface area contributed by atoms with E-state index in [0.29, 0.717) is 0 Å². The highest BCUT2D eigenvalue weighted by Crippen LogP contribution is 2.59. The van der Waals surface area contributed by atoms with Crippen LogP contribution >= 0.6 is 0 Å². The summed E-state index contributed by atoms with van der Waals surface area (Å²) in [6, 6.07) is 103. The van der Waals surface area contributed by atoms with Gasteiger partial charge in [-0.1, -0.05) is 218 Å². The quantitative estimate of drug-likeness (QED) is 0.144. The van der Waals surface area contributed by atoms with Crippen molar-refractivity contribution in [3.63, 3.8) is 0 Å². The van der Waals surface area contributed by atoms with Gasteiger partial charge in [-0.3, -0.25) is 0 Å². The van der Waals surface area contributed by atoms with Gasteiger partial charge in [-0.05, 0) is 139 Å². The second kappa shape index (κ2) is 17.6. The van der Waals surface area contributed by atoms with Crippen LogP contribution in [0.4, 0.5) is 17.1 Å². The first-order valence-corrected chi connectivity index (χ1v) is 26.0. The Bertz CT molecular complexity index is 4230. The lowest BCUT2D eigenvalue weighted by Gasteiger charge is -2.34. The van der Waals surface area contributed by atoms with Crippen LogP contribution in [-0.2, 0) is 5.41 Å². The lowest BCUT2D eigenvalue weighted by molar-refractivity contribution is 0.668. The molecular weight excluding hydrogens is 923 g/mol. The summed E-state index contributed by atoms with van der Waals surface area (Å²) in [4.78, 5) is 2.45. The molecule has 1 aliphatic carbocycles. The molecule has 0 N–H and O–H groups in total. The normalized spacial score (nSPS) is 12.6. The molecule has 3 nitrogen and oxygen atoms in total. The topological polar surface area (TPSA) is 29.5 Å². The van der Waals surface area contributed by atoms with Crippen molar-refractivity contribution in [2.45, 2.75) is 5.41 Å². The highest BCUT2D eigenvalue weighted by molar-refractivity contribution is 6.07. The van der Waals surface area contributed by atoms with Crippen molar-refractivity contribution in [3.8, 4) is 55.6 Å². The Labute approximate surface area is 440 Å². The molecule has 0 aliphatic heterocycles. The summed E-state index contributed by atoms with van der Waals surface area (Å²) >= 11 is 0. The van der Waals surface area contributed by atoms with Gasteiger partial charge in [0.25, 0.3) is 0 Å². The van der Waals surface area contributed by atoms with Crippen LogP contribution in [0, 0.1) is 0 Å². The molecule has 0 bridgehead atoms. The van der Waals surface area contributed by atoms with Crippen molar-refractivity contribution in [1.82, 2.24) is 0 Å². The second-order valence-electron chi connectivity index (χ2n) is 19.9. The van der Waals surface area contributed by atoms with Crippen LogP contribution in [0.15, 0.2) is 294 Å². The first kappa shape index (κ1) is 43.6. The highest BCUT2D eigenvalue weighted by atomic mass is 16.3. The van der Waals surface area contributed by atoms with E-state index in [-0.39, 0.29) is 0 Å². The third kappa shape index (κ3) is 6.97. The second-order valence-corrected chi connectivity index (χ2v) is 19.9. The van der Waals surface area contributed by atoms with Gasteiger partial charge in [0.05, 0.1) is 11.1 Å². The van der Waals surface area contributed by atoms with Crippen LogP contribution < -0.4 is 4.90 Å². The smallest absolute Gasteiger partial charge is 0.135 e. The number of hydrogen-bond donors (Lipinski definition) is 0. The number of benzene rings is 12. The van der Waals surface area contributed by atoms with Crippen molar-refractivity contribution in [3.05, 3.63) is 307 Å². The number of fused-ring (bicyclic) bond motifs is 9. The van der Waals surface area contributed by atoms with E-state index in [1.807, 2.05) is 24.3 Å². The summed E-state index contributed by atoms with van der Waals surface area (Å²) < 4.78 is 12.3. The predicted octanol–water partition coefficient (Wildman–Crippen LogP) is 20.0. The maximum Gasteiger partial charge on any atom is 0.135 e. The van der Waals surface area contributed by atoms with Gasteiger partial charge in [-0.15, -0.1) is 0 Å². The lowest BCUT2D eigenvalue weighted by atomic mass is 9.68. The zero-order valence-electron chi connectivity index (χ0n) is 41.4. The first-order chi connectivity index (χ1) is 37.7. The van der Waals surface area contributed by atoms with E-state index in [1.165, 1.54) is 44.5 Å². The van der Waals surface area contributed by atoms with Crippen LogP contribution in [0.25, 0.3) is 99.5 Å². The summed E-state index contributed by atoms with van der Waals surface area (Å²) in [5, 5.41) is 4.54. The fourth-order valence-corrected chi connectivity index (χ4v) is 12.2. The van der Waals surface area contributed by atoms with E-state index in [1.54, 1.807) is 0 Å². The molecule has 0 spiro atoms. The van der Waals surface area contributed by atoms with Crippen molar-refractivity contribution in [2.24, 2.45) is 0 Å². The summed E-state index contributed by atoms with van der Waals surface area (Å²) in [7, 11) is 0. The van der Waals surface area contributed by atoms with Crippen molar-refractivity contribution in [2.75, 3.05) is 4.90 Å². The molecule has 0 radical (unpaired) electrons. The molecule has 0 saturated carbocycles. The molecule has 2 aromatic heterocycles. The summed E-state index contributed by atoms with van der Waals surface area (Å²) in [5.74, 6) is 0. The molecule has 12 aromatic carbocycles. The Morgan fingerprint density at radius 2 is 0.632 bits per heavy atom. The Balaban J connectivity index is 0.822. The molecule has 2 heterocycles. The first-order valence-electron chi connectivity index (χ1n) is 26.0. The molecule has 15 rings (SSSR count). The SMILES string of the molecule is c1ccc(C2(c3ccccc3)c3ccccc3-c3c(N(c4ccc(-c5ccc(-c6ccc7oc8ccccc8c7c6)cc5)cc4)c4ccc(-c5ccc(-c6ccc7oc8ccccc8c7c6)cc5)cc4)cccc32)cc1. The van der Waals surface area contributed by atoms with Gasteiger partial charge in [-0.25, -0.2) is 0 Å². The van der Waals surface area contributed by atoms with Gasteiger partial charge in [-0.2, -0.15) is 0 Å². The maximum absolute atomic E-state index is 6.14. The molecular formula is C73H47NO2. The Kier molecular flexibility index (Phi) is 10.1. The number of anilines is 3. The molecule has 3 heteroatoms. The largest absolute Gasteiger partial charge is 0.456 e. The van der Waals surface area contributed by atoms with Crippen LogP contribution in [0.5, 0.6) is 0 Å². The zero-order valence-corrected chi connectivity index (χ0v) is 41.4. The molecule has 0 atom stereocenters. The number of furan rings is 2. The van der Waals surface area contributed by atoms with Crippen LogP contribution in [-0.4, -0.2) is 0 Å². The van der Waals surface area contributed by atoms with Crippen LogP contribution in [0.2, 0.25) is 0 Å². The molecule has 356 valence electrons. The predicted molar refractivity (Wildman–Crippen MR) is 315 cm³/mol. The van der Waals surface area contributed by atoms with Gasteiger partial charge in [0.15, 0.2) is 0 Å². The molecule has 0 unspecified atom stereocenters. The molecule has 14 aromatic rings. The van der Waals surface area contributed by atoms with Crippen molar-refractivity contribution >= 4 is 60.9 Å².